The number of ether oxygens (including phenoxy) is 1. The molecule has 0 heterocycles. The molecule has 1 aromatic rings. The molecule has 98 valence electrons. The zero-order valence-corrected chi connectivity index (χ0v) is 10.7. The number of anilines is 1. The standard InChI is InChI=1S/C14H20N2O2/c1-2-18-10-11-6-3-4-7-12(11)16-13(17)14(15)8-5-9-14/h3-4,6-7H,2,5,8-10,15H2,1H3,(H,16,17). The van der Waals surface area contributed by atoms with Gasteiger partial charge >= 0.3 is 0 Å². The van der Waals surface area contributed by atoms with E-state index < -0.39 is 5.54 Å². The van der Waals surface area contributed by atoms with Crippen LogP contribution in [0.25, 0.3) is 0 Å². The monoisotopic (exact) mass is 248 g/mol. The first-order chi connectivity index (χ1) is 8.65. The summed E-state index contributed by atoms with van der Waals surface area (Å²) in [5.41, 5.74) is 7.11. The van der Waals surface area contributed by atoms with Crippen molar-refractivity contribution in [3.63, 3.8) is 0 Å². The van der Waals surface area contributed by atoms with Crippen LogP contribution in [0.2, 0.25) is 0 Å². The molecule has 0 unspecified atom stereocenters. The highest BCUT2D eigenvalue weighted by Crippen LogP contribution is 2.30. The molecule has 0 radical (unpaired) electrons. The van der Waals surface area contributed by atoms with E-state index in [-0.39, 0.29) is 5.91 Å². The summed E-state index contributed by atoms with van der Waals surface area (Å²) in [4.78, 5) is 12.1. The third-order valence-electron chi connectivity index (χ3n) is 3.43. The molecular weight excluding hydrogens is 228 g/mol. The van der Waals surface area contributed by atoms with E-state index in [0.717, 1.165) is 30.5 Å². The Kier molecular flexibility index (Phi) is 3.99. The maximum Gasteiger partial charge on any atom is 0.244 e. The average molecular weight is 248 g/mol. The molecule has 1 aliphatic carbocycles. The Morgan fingerprint density at radius 2 is 2.17 bits per heavy atom. The molecule has 0 bridgehead atoms. The molecule has 4 heteroatoms. The summed E-state index contributed by atoms with van der Waals surface area (Å²) in [5.74, 6) is -0.0855. The lowest BCUT2D eigenvalue weighted by Crippen LogP contribution is -2.56. The highest BCUT2D eigenvalue weighted by Gasteiger charge is 2.40. The Balaban J connectivity index is 2.06. The van der Waals surface area contributed by atoms with Crippen LogP contribution >= 0.6 is 0 Å². The third-order valence-corrected chi connectivity index (χ3v) is 3.43. The third kappa shape index (κ3) is 2.71. The lowest BCUT2D eigenvalue weighted by atomic mass is 9.77. The lowest BCUT2D eigenvalue weighted by Gasteiger charge is -2.36. The van der Waals surface area contributed by atoms with Crippen molar-refractivity contribution in [2.45, 2.75) is 38.3 Å². The van der Waals surface area contributed by atoms with Gasteiger partial charge in [0.2, 0.25) is 5.91 Å². The maximum absolute atomic E-state index is 12.1. The number of rotatable bonds is 5. The quantitative estimate of drug-likeness (QED) is 0.838. The van der Waals surface area contributed by atoms with Gasteiger partial charge in [-0.2, -0.15) is 0 Å². The largest absolute Gasteiger partial charge is 0.377 e. The van der Waals surface area contributed by atoms with Crippen molar-refractivity contribution in [2.24, 2.45) is 5.73 Å². The average Bonchev–Trinajstić information content (AvgIpc) is 2.34. The molecule has 0 aromatic heterocycles. The minimum Gasteiger partial charge on any atom is -0.377 e. The zero-order chi connectivity index (χ0) is 13.0. The molecule has 2 rings (SSSR count). The Hall–Kier alpha value is -1.39. The number of hydrogen-bond acceptors (Lipinski definition) is 3. The number of para-hydroxylation sites is 1. The van der Waals surface area contributed by atoms with Gasteiger partial charge in [-0.15, -0.1) is 0 Å². The van der Waals surface area contributed by atoms with Gasteiger partial charge in [0.25, 0.3) is 0 Å². The Morgan fingerprint density at radius 1 is 1.44 bits per heavy atom. The van der Waals surface area contributed by atoms with Crippen molar-refractivity contribution in [1.82, 2.24) is 0 Å². The molecule has 0 spiro atoms. The van der Waals surface area contributed by atoms with Crippen LogP contribution in [-0.2, 0) is 16.1 Å². The van der Waals surface area contributed by atoms with Crippen LogP contribution in [0.3, 0.4) is 0 Å². The molecule has 18 heavy (non-hydrogen) atoms. The number of carbonyl (C=O) groups is 1. The topological polar surface area (TPSA) is 64.3 Å². The summed E-state index contributed by atoms with van der Waals surface area (Å²) in [5, 5.41) is 2.92. The second kappa shape index (κ2) is 5.50. The smallest absolute Gasteiger partial charge is 0.244 e. The molecule has 1 saturated carbocycles. The fourth-order valence-corrected chi connectivity index (χ4v) is 2.01. The van der Waals surface area contributed by atoms with Crippen LogP contribution in [0.15, 0.2) is 24.3 Å². The first-order valence-electron chi connectivity index (χ1n) is 6.42. The molecule has 1 amide bonds. The Morgan fingerprint density at radius 3 is 2.78 bits per heavy atom. The predicted octanol–water partition coefficient (Wildman–Crippen LogP) is 2.04. The van der Waals surface area contributed by atoms with Crippen molar-refractivity contribution in [2.75, 3.05) is 11.9 Å². The van der Waals surface area contributed by atoms with Gasteiger partial charge in [0.05, 0.1) is 12.1 Å². The highest BCUT2D eigenvalue weighted by atomic mass is 16.5. The van der Waals surface area contributed by atoms with Gasteiger partial charge in [-0.25, -0.2) is 0 Å². The van der Waals surface area contributed by atoms with Gasteiger partial charge in [-0.3, -0.25) is 4.79 Å². The molecule has 1 aromatic carbocycles. The number of carbonyl (C=O) groups excluding carboxylic acids is 1. The fraction of sp³-hybridized carbons (Fsp3) is 0.500. The minimum atomic E-state index is -0.668. The summed E-state index contributed by atoms with van der Waals surface area (Å²) < 4.78 is 5.39. The van der Waals surface area contributed by atoms with Gasteiger partial charge in [0.15, 0.2) is 0 Å². The van der Waals surface area contributed by atoms with Crippen LogP contribution in [0.4, 0.5) is 5.69 Å². The second-order valence-corrected chi connectivity index (χ2v) is 4.76. The molecular formula is C14H20N2O2. The van der Waals surface area contributed by atoms with E-state index in [0.29, 0.717) is 13.2 Å². The summed E-state index contributed by atoms with van der Waals surface area (Å²) in [7, 11) is 0. The van der Waals surface area contributed by atoms with Crippen LogP contribution < -0.4 is 11.1 Å². The van der Waals surface area contributed by atoms with E-state index in [9.17, 15) is 4.79 Å². The number of amides is 1. The van der Waals surface area contributed by atoms with Crippen molar-refractivity contribution in [3.05, 3.63) is 29.8 Å². The van der Waals surface area contributed by atoms with Crippen molar-refractivity contribution in [3.8, 4) is 0 Å². The van der Waals surface area contributed by atoms with Crippen molar-refractivity contribution < 1.29 is 9.53 Å². The van der Waals surface area contributed by atoms with Crippen molar-refractivity contribution >= 4 is 11.6 Å². The van der Waals surface area contributed by atoms with Crippen LogP contribution in [-0.4, -0.2) is 18.1 Å². The number of benzene rings is 1. The number of nitrogens with two attached hydrogens (primary N) is 1. The maximum atomic E-state index is 12.1. The molecule has 1 fully saturated rings. The minimum absolute atomic E-state index is 0.0855. The van der Waals surface area contributed by atoms with Crippen LogP contribution in [0.5, 0.6) is 0 Å². The molecule has 3 N–H and O–H groups in total. The van der Waals surface area contributed by atoms with E-state index in [1.807, 2.05) is 31.2 Å². The predicted molar refractivity (Wildman–Crippen MR) is 71.2 cm³/mol. The Labute approximate surface area is 108 Å². The van der Waals surface area contributed by atoms with Crippen LogP contribution in [0.1, 0.15) is 31.7 Å². The normalized spacial score (nSPS) is 17.0. The summed E-state index contributed by atoms with van der Waals surface area (Å²) >= 11 is 0. The van der Waals surface area contributed by atoms with Gasteiger partial charge < -0.3 is 15.8 Å². The highest BCUT2D eigenvalue weighted by molar-refractivity contribution is 5.99. The van der Waals surface area contributed by atoms with Gasteiger partial charge in [0.1, 0.15) is 0 Å². The molecule has 0 saturated heterocycles. The molecule has 0 atom stereocenters. The van der Waals surface area contributed by atoms with Gasteiger partial charge in [-0.05, 0) is 32.3 Å². The first kappa shape index (κ1) is 13.1. The van der Waals surface area contributed by atoms with E-state index >= 15 is 0 Å². The zero-order valence-electron chi connectivity index (χ0n) is 10.7. The summed E-state index contributed by atoms with van der Waals surface area (Å²) in [6.45, 7) is 3.11. The van der Waals surface area contributed by atoms with Gasteiger partial charge in [0, 0.05) is 17.9 Å². The SMILES string of the molecule is CCOCc1ccccc1NC(=O)C1(N)CCC1. The second-order valence-electron chi connectivity index (χ2n) is 4.76. The van der Waals surface area contributed by atoms with E-state index in [1.54, 1.807) is 0 Å². The summed E-state index contributed by atoms with van der Waals surface area (Å²) in [6, 6.07) is 7.67. The first-order valence-corrected chi connectivity index (χ1v) is 6.42. The molecule has 4 nitrogen and oxygen atoms in total. The lowest BCUT2D eigenvalue weighted by molar-refractivity contribution is -0.123. The molecule has 0 aliphatic heterocycles. The fourth-order valence-electron chi connectivity index (χ4n) is 2.01. The van der Waals surface area contributed by atoms with Crippen LogP contribution in [0, 0.1) is 0 Å². The number of nitrogens with one attached hydrogen (secondary N) is 1. The van der Waals surface area contributed by atoms with Gasteiger partial charge in [-0.1, -0.05) is 18.2 Å². The van der Waals surface area contributed by atoms with E-state index in [1.165, 1.54) is 0 Å². The van der Waals surface area contributed by atoms with E-state index in [4.69, 9.17) is 10.5 Å². The summed E-state index contributed by atoms with van der Waals surface area (Å²) in [6.07, 6.45) is 2.57. The van der Waals surface area contributed by atoms with Crippen molar-refractivity contribution in [1.29, 1.82) is 0 Å². The Bertz CT molecular complexity index is 428. The number of hydrogen-bond donors (Lipinski definition) is 2. The molecule has 1 aliphatic rings. The van der Waals surface area contributed by atoms with E-state index in [2.05, 4.69) is 5.32 Å².